The number of rotatable bonds is 6. The summed E-state index contributed by atoms with van der Waals surface area (Å²) in [5.74, 6) is 1.32. The number of hydrogen-bond donors (Lipinski definition) is 1. The van der Waals surface area contributed by atoms with Crippen LogP contribution < -0.4 is 20.1 Å². The summed E-state index contributed by atoms with van der Waals surface area (Å²) in [6.07, 6.45) is 1.54. The number of ether oxygens (including phenoxy) is 2. The standard InChI is InChI=1S/C19H24N2O3S/c1-3-4-16(20)19(22)21(12-15-7-5-13(2)25-15)14-6-8-17-18(11-14)24-10-9-23-17/h5-8,11,16H,3-4,9-10,12,20H2,1-2H3. The highest BCUT2D eigenvalue weighted by Crippen LogP contribution is 2.35. The number of carbonyl (C=O) groups excluding carboxylic acids is 1. The lowest BCUT2D eigenvalue weighted by Gasteiger charge is -2.27. The van der Waals surface area contributed by atoms with Gasteiger partial charge in [-0.1, -0.05) is 13.3 Å². The van der Waals surface area contributed by atoms with Gasteiger partial charge in [0.1, 0.15) is 13.2 Å². The van der Waals surface area contributed by atoms with Crippen molar-refractivity contribution < 1.29 is 14.3 Å². The molecule has 1 atom stereocenters. The van der Waals surface area contributed by atoms with Crippen LogP contribution in [0.5, 0.6) is 11.5 Å². The van der Waals surface area contributed by atoms with Crippen LogP contribution >= 0.6 is 11.3 Å². The summed E-state index contributed by atoms with van der Waals surface area (Å²) in [5, 5.41) is 0. The molecule has 25 heavy (non-hydrogen) atoms. The van der Waals surface area contributed by atoms with Crippen molar-refractivity contribution in [1.82, 2.24) is 0 Å². The minimum absolute atomic E-state index is 0.0652. The molecule has 0 saturated heterocycles. The van der Waals surface area contributed by atoms with E-state index >= 15 is 0 Å². The summed E-state index contributed by atoms with van der Waals surface area (Å²) in [6.45, 7) is 5.67. The Balaban J connectivity index is 1.90. The number of fused-ring (bicyclic) bond motifs is 1. The zero-order valence-electron chi connectivity index (χ0n) is 14.7. The van der Waals surface area contributed by atoms with Gasteiger partial charge in [-0.25, -0.2) is 0 Å². The highest BCUT2D eigenvalue weighted by Gasteiger charge is 2.24. The molecule has 1 aromatic heterocycles. The van der Waals surface area contributed by atoms with Crippen LogP contribution in [0.4, 0.5) is 5.69 Å². The van der Waals surface area contributed by atoms with E-state index < -0.39 is 6.04 Å². The number of amides is 1. The molecule has 2 heterocycles. The summed E-state index contributed by atoms with van der Waals surface area (Å²) in [7, 11) is 0. The molecule has 0 spiro atoms. The van der Waals surface area contributed by atoms with Crippen LogP contribution in [-0.2, 0) is 11.3 Å². The van der Waals surface area contributed by atoms with Gasteiger partial charge in [0.05, 0.1) is 12.6 Å². The van der Waals surface area contributed by atoms with E-state index in [1.807, 2.05) is 25.1 Å². The normalized spacial score (nSPS) is 14.2. The van der Waals surface area contributed by atoms with Gasteiger partial charge in [0.25, 0.3) is 0 Å². The van der Waals surface area contributed by atoms with Crippen molar-refractivity contribution in [3.05, 3.63) is 40.1 Å². The number of nitrogens with two attached hydrogens (primary N) is 1. The molecule has 2 N–H and O–H groups in total. The average molecular weight is 360 g/mol. The second-order valence-corrected chi connectivity index (χ2v) is 7.53. The molecule has 1 aliphatic rings. The lowest BCUT2D eigenvalue weighted by Crippen LogP contribution is -2.43. The average Bonchev–Trinajstić information content (AvgIpc) is 3.04. The van der Waals surface area contributed by atoms with Crippen molar-refractivity contribution in [2.24, 2.45) is 5.73 Å². The molecule has 1 aromatic carbocycles. The van der Waals surface area contributed by atoms with Crippen LogP contribution in [0.2, 0.25) is 0 Å². The Morgan fingerprint density at radius 1 is 1.24 bits per heavy atom. The third kappa shape index (κ3) is 4.14. The van der Waals surface area contributed by atoms with Crippen LogP contribution in [-0.4, -0.2) is 25.2 Å². The van der Waals surface area contributed by atoms with E-state index in [1.54, 1.807) is 16.2 Å². The van der Waals surface area contributed by atoms with Gasteiger partial charge < -0.3 is 20.1 Å². The topological polar surface area (TPSA) is 64.8 Å². The van der Waals surface area contributed by atoms with Gasteiger partial charge in [0.2, 0.25) is 5.91 Å². The first-order chi connectivity index (χ1) is 12.1. The molecule has 0 radical (unpaired) electrons. The first kappa shape index (κ1) is 17.8. The molecule has 5 nitrogen and oxygen atoms in total. The molecule has 0 bridgehead atoms. The van der Waals surface area contributed by atoms with Crippen LogP contribution in [0.25, 0.3) is 0 Å². The third-order valence-corrected chi connectivity index (χ3v) is 5.12. The van der Waals surface area contributed by atoms with Crippen LogP contribution in [0.1, 0.15) is 29.5 Å². The van der Waals surface area contributed by atoms with Gasteiger partial charge in [-0.3, -0.25) is 4.79 Å². The summed E-state index contributed by atoms with van der Waals surface area (Å²) in [4.78, 5) is 17.1. The Kier molecular flexibility index (Phi) is 5.60. The van der Waals surface area contributed by atoms with Gasteiger partial charge in [-0.05, 0) is 37.6 Å². The van der Waals surface area contributed by atoms with Crippen molar-refractivity contribution >= 4 is 22.9 Å². The zero-order chi connectivity index (χ0) is 17.8. The first-order valence-corrected chi connectivity index (χ1v) is 9.42. The Morgan fingerprint density at radius 2 is 2.00 bits per heavy atom. The fourth-order valence-corrected chi connectivity index (χ4v) is 3.74. The number of carbonyl (C=O) groups is 1. The summed E-state index contributed by atoms with van der Waals surface area (Å²) in [5.41, 5.74) is 6.90. The van der Waals surface area contributed by atoms with Crippen molar-refractivity contribution in [1.29, 1.82) is 0 Å². The molecule has 0 fully saturated rings. The predicted octanol–water partition coefficient (Wildman–Crippen LogP) is 3.49. The molecule has 1 unspecified atom stereocenters. The molecule has 0 aliphatic carbocycles. The number of benzene rings is 1. The van der Waals surface area contributed by atoms with E-state index in [0.29, 0.717) is 37.7 Å². The highest BCUT2D eigenvalue weighted by atomic mass is 32.1. The van der Waals surface area contributed by atoms with Crippen molar-refractivity contribution in [3.8, 4) is 11.5 Å². The maximum absolute atomic E-state index is 12.9. The minimum atomic E-state index is -0.501. The summed E-state index contributed by atoms with van der Waals surface area (Å²) in [6, 6.07) is 9.24. The molecule has 3 rings (SSSR count). The maximum Gasteiger partial charge on any atom is 0.244 e. The quantitative estimate of drug-likeness (QED) is 0.856. The van der Waals surface area contributed by atoms with Gasteiger partial charge in [0.15, 0.2) is 11.5 Å². The molecule has 6 heteroatoms. The van der Waals surface area contributed by atoms with Crippen LogP contribution in [0, 0.1) is 6.92 Å². The predicted molar refractivity (Wildman–Crippen MR) is 101 cm³/mol. The van der Waals surface area contributed by atoms with E-state index in [-0.39, 0.29) is 5.91 Å². The molecule has 134 valence electrons. The van der Waals surface area contributed by atoms with Crippen molar-refractivity contribution in [2.75, 3.05) is 18.1 Å². The molecule has 0 saturated carbocycles. The van der Waals surface area contributed by atoms with Gasteiger partial charge in [-0.2, -0.15) is 0 Å². The van der Waals surface area contributed by atoms with E-state index in [9.17, 15) is 4.79 Å². The van der Waals surface area contributed by atoms with E-state index in [0.717, 1.165) is 17.0 Å². The van der Waals surface area contributed by atoms with Crippen molar-refractivity contribution in [2.45, 2.75) is 39.3 Å². The Morgan fingerprint density at radius 3 is 2.68 bits per heavy atom. The van der Waals surface area contributed by atoms with Gasteiger partial charge in [0, 0.05) is 21.5 Å². The monoisotopic (exact) mass is 360 g/mol. The second-order valence-electron chi connectivity index (χ2n) is 6.16. The highest BCUT2D eigenvalue weighted by molar-refractivity contribution is 7.11. The number of thiophene rings is 1. The smallest absolute Gasteiger partial charge is 0.244 e. The number of nitrogens with zero attached hydrogens (tertiary/aromatic N) is 1. The molecular weight excluding hydrogens is 336 g/mol. The lowest BCUT2D eigenvalue weighted by molar-refractivity contribution is -0.120. The van der Waals surface area contributed by atoms with Gasteiger partial charge >= 0.3 is 0 Å². The Bertz CT molecular complexity index is 744. The van der Waals surface area contributed by atoms with Gasteiger partial charge in [-0.15, -0.1) is 11.3 Å². The Hall–Kier alpha value is -2.05. The molecular formula is C19H24N2O3S. The van der Waals surface area contributed by atoms with E-state index in [1.165, 1.54) is 4.88 Å². The maximum atomic E-state index is 12.9. The minimum Gasteiger partial charge on any atom is -0.486 e. The number of anilines is 1. The second kappa shape index (κ2) is 7.89. The Labute approximate surface area is 152 Å². The zero-order valence-corrected chi connectivity index (χ0v) is 15.5. The third-order valence-electron chi connectivity index (χ3n) is 4.13. The lowest BCUT2D eigenvalue weighted by atomic mass is 10.1. The fraction of sp³-hybridized carbons (Fsp3) is 0.421. The van der Waals surface area contributed by atoms with E-state index in [2.05, 4.69) is 19.1 Å². The molecule has 1 amide bonds. The summed E-state index contributed by atoms with van der Waals surface area (Å²) < 4.78 is 11.2. The van der Waals surface area contributed by atoms with Crippen molar-refractivity contribution in [3.63, 3.8) is 0 Å². The van der Waals surface area contributed by atoms with Crippen LogP contribution in [0.3, 0.4) is 0 Å². The SMILES string of the molecule is CCCC(N)C(=O)N(Cc1ccc(C)s1)c1ccc2c(c1)OCCO2. The van der Waals surface area contributed by atoms with Crippen LogP contribution in [0.15, 0.2) is 30.3 Å². The molecule has 2 aromatic rings. The molecule has 1 aliphatic heterocycles. The summed E-state index contributed by atoms with van der Waals surface area (Å²) >= 11 is 1.69. The van der Waals surface area contributed by atoms with E-state index in [4.69, 9.17) is 15.2 Å². The fourth-order valence-electron chi connectivity index (χ4n) is 2.86. The number of aryl methyl sites for hydroxylation is 1. The largest absolute Gasteiger partial charge is 0.486 e. The number of hydrogen-bond acceptors (Lipinski definition) is 5. The first-order valence-electron chi connectivity index (χ1n) is 8.60.